The van der Waals surface area contributed by atoms with Gasteiger partial charge in [0, 0.05) is 42.3 Å². The zero-order valence-corrected chi connectivity index (χ0v) is 27.8. The standard InChI is InChI=1S/C31H34N4O3S.C7H8/c1-22-21-39-29(34-22)20-35(2)31(37)27-17-25(24-10-5-4-6-11-24)16-26(18-27)30(36)33-14-8-13-32-19-23-9-7-12-28(15-23)38-3;1-7-5-3-2-4-6-7/h4-7,9-12,15-18,21,32H,8,13-14,19-20H2,1-3H3,(H,33,36);2-6H,1H3. The van der Waals surface area contributed by atoms with Crippen LogP contribution in [0.15, 0.2) is 109 Å². The first-order valence-corrected chi connectivity index (χ1v) is 16.2. The molecule has 1 heterocycles. The molecule has 0 unspecified atom stereocenters. The van der Waals surface area contributed by atoms with Gasteiger partial charge in [0.15, 0.2) is 0 Å². The van der Waals surface area contributed by atoms with Crippen molar-refractivity contribution in [3.8, 4) is 16.9 Å². The van der Waals surface area contributed by atoms with E-state index in [1.54, 1.807) is 25.1 Å². The van der Waals surface area contributed by atoms with Crippen LogP contribution in [-0.2, 0) is 13.1 Å². The number of nitrogens with zero attached hydrogens (tertiary/aromatic N) is 2. The molecule has 0 radical (unpaired) electrons. The molecule has 0 aliphatic rings. The topological polar surface area (TPSA) is 83.6 Å². The van der Waals surface area contributed by atoms with Crippen molar-refractivity contribution in [3.63, 3.8) is 0 Å². The molecular weight excluding hydrogens is 593 g/mol. The summed E-state index contributed by atoms with van der Waals surface area (Å²) in [5.74, 6) is 0.478. The number of nitrogens with one attached hydrogen (secondary N) is 2. The summed E-state index contributed by atoms with van der Waals surface area (Å²) in [6.07, 6.45) is 0.774. The van der Waals surface area contributed by atoms with E-state index in [0.29, 0.717) is 24.2 Å². The second-order valence-corrected chi connectivity index (χ2v) is 11.9. The predicted octanol–water partition coefficient (Wildman–Crippen LogP) is 7.30. The Balaban J connectivity index is 0.000000606. The summed E-state index contributed by atoms with van der Waals surface area (Å²) in [6.45, 7) is 6.44. The van der Waals surface area contributed by atoms with Crippen molar-refractivity contribution in [2.45, 2.75) is 33.4 Å². The largest absolute Gasteiger partial charge is 0.497 e. The Hall–Kier alpha value is -4.79. The van der Waals surface area contributed by atoms with Crippen LogP contribution < -0.4 is 15.4 Å². The summed E-state index contributed by atoms with van der Waals surface area (Å²) in [7, 11) is 3.41. The molecule has 2 N–H and O–H groups in total. The number of thiazole rings is 1. The summed E-state index contributed by atoms with van der Waals surface area (Å²) in [5.41, 5.74) is 6.10. The maximum Gasteiger partial charge on any atom is 0.254 e. The lowest BCUT2D eigenvalue weighted by molar-refractivity contribution is 0.0785. The minimum Gasteiger partial charge on any atom is -0.497 e. The van der Waals surface area contributed by atoms with Crippen molar-refractivity contribution in [2.24, 2.45) is 0 Å². The zero-order valence-electron chi connectivity index (χ0n) is 27.0. The molecule has 0 bridgehead atoms. The van der Waals surface area contributed by atoms with Crippen LogP contribution in [0.3, 0.4) is 0 Å². The molecule has 0 saturated heterocycles. The van der Waals surface area contributed by atoms with Gasteiger partial charge in [0.2, 0.25) is 0 Å². The predicted molar refractivity (Wildman–Crippen MR) is 187 cm³/mol. The third-order valence-corrected chi connectivity index (χ3v) is 8.11. The van der Waals surface area contributed by atoms with E-state index in [-0.39, 0.29) is 11.8 Å². The van der Waals surface area contributed by atoms with Crippen LogP contribution in [0.2, 0.25) is 0 Å². The molecule has 0 fully saturated rings. The van der Waals surface area contributed by atoms with Gasteiger partial charge >= 0.3 is 0 Å². The van der Waals surface area contributed by atoms with Crippen LogP contribution in [0.1, 0.15) is 49.0 Å². The number of methoxy groups -OCH3 is 1. The highest BCUT2D eigenvalue weighted by molar-refractivity contribution is 7.09. The fourth-order valence-corrected chi connectivity index (χ4v) is 5.54. The summed E-state index contributed by atoms with van der Waals surface area (Å²) in [5, 5.41) is 9.24. The van der Waals surface area contributed by atoms with Crippen molar-refractivity contribution in [3.05, 3.63) is 141 Å². The van der Waals surface area contributed by atoms with Crippen molar-refractivity contribution in [2.75, 3.05) is 27.2 Å². The van der Waals surface area contributed by atoms with Gasteiger partial charge in [-0.25, -0.2) is 4.98 Å². The highest BCUT2D eigenvalue weighted by Gasteiger charge is 2.18. The second-order valence-electron chi connectivity index (χ2n) is 11.0. The molecule has 8 heteroatoms. The number of benzene rings is 4. The number of amides is 2. The molecule has 46 heavy (non-hydrogen) atoms. The average Bonchev–Trinajstić information content (AvgIpc) is 3.50. The molecule has 1 aromatic heterocycles. The number of hydrogen-bond acceptors (Lipinski definition) is 6. The highest BCUT2D eigenvalue weighted by Crippen LogP contribution is 2.24. The molecule has 0 atom stereocenters. The van der Waals surface area contributed by atoms with Crippen LogP contribution in [-0.4, -0.2) is 48.9 Å². The summed E-state index contributed by atoms with van der Waals surface area (Å²) >= 11 is 1.53. The molecule has 5 aromatic rings. The minimum atomic E-state index is -0.201. The van der Waals surface area contributed by atoms with E-state index in [9.17, 15) is 9.59 Å². The van der Waals surface area contributed by atoms with Gasteiger partial charge in [0.1, 0.15) is 10.8 Å². The number of carbonyl (C=O) groups excluding carboxylic acids is 2. The van der Waals surface area contributed by atoms with Gasteiger partial charge in [-0.2, -0.15) is 0 Å². The third kappa shape index (κ3) is 10.7. The summed E-state index contributed by atoms with van der Waals surface area (Å²) in [4.78, 5) is 32.6. The second kappa shape index (κ2) is 17.6. The molecule has 238 valence electrons. The van der Waals surface area contributed by atoms with Crippen molar-refractivity contribution in [1.29, 1.82) is 0 Å². The number of aryl methyl sites for hydroxylation is 2. The smallest absolute Gasteiger partial charge is 0.254 e. The van der Waals surface area contributed by atoms with Gasteiger partial charge in [-0.15, -0.1) is 11.3 Å². The van der Waals surface area contributed by atoms with E-state index in [2.05, 4.69) is 34.7 Å². The number of aromatic nitrogens is 1. The maximum absolute atomic E-state index is 13.4. The van der Waals surface area contributed by atoms with Crippen LogP contribution in [0.5, 0.6) is 5.75 Å². The maximum atomic E-state index is 13.4. The molecule has 2 amide bonds. The Morgan fingerprint density at radius 2 is 1.54 bits per heavy atom. The average molecular weight is 635 g/mol. The van der Waals surface area contributed by atoms with E-state index in [4.69, 9.17) is 4.74 Å². The summed E-state index contributed by atoms with van der Waals surface area (Å²) in [6, 6.07) is 33.3. The molecular formula is C38H42N4O3S. The fraction of sp³-hybridized carbons (Fsp3) is 0.237. The zero-order chi connectivity index (χ0) is 32.7. The van der Waals surface area contributed by atoms with E-state index in [1.165, 1.54) is 16.9 Å². The quantitative estimate of drug-likeness (QED) is 0.141. The van der Waals surface area contributed by atoms with Crippen molar-refractivity contribution in [1.82, 2.24) is 20.5 Å². The van der Waals surface area contributed by atoms with E-state index >= 15 is 0 Å². The van der Waals surface area contributed by atoms with Gasteiger partial charge in [-0.1, -0.05) is 78.4 Å². The molecule has 0 saturated carbocycles. The molecule has 7 nitrogen and oxygen atoms in total. The van der Waals surface area contributed by atoms with Gasteiger partial charge in [-0.05, 0) is 73.8 Å². The first kappa shape index (κ1) is 34.1. The first-order chi connectivity index (χ1) is 22.3. The third-order valence-electron chi connectivity index (χ3n) is 7.15. The van der Waals surface area contributed by atoms with Gasteiger partial charge < -0.3 is 20.3 Å². The van der Waals surface area contributed by atoms with Crippen LogP contribution in [0, 0.1) is 13.8 Å². The van der Waals surface area contributed by atoms with E-state index in [1.807, 2.05) is 97.2 Å². The number of ether oxygens (including phenoxy) is 1. The lowest BCUT2D eigenvalue weighted by Crippen LogP contribution is -2.29. The first-order valence-electron chi connectivity index (χ1n) is 15.3. The van der Waals surface area contributed by atoms with Crippen molar-refractivity contribution >= 4 is 23.2 Å². The SMILES string of the molecule is COc1cccc(CNCCCNC(=O)c2cc(C(=O)N(C)Cc3nc(C)cs3)cc(-c3ccccc3)c2)c1.Cc1ccccc1. The normalized spacial score (nSPS) is 10.4. The lowest BCUT2D eigenvalue weighted by atomic mass is 9.98. The fourth-order valence-electron chi connectivity index (χ4n) is 4.72. The van der Waals surface area contributed by atoms with Crippen LogP contribution >= 0.6 is 11.3 Å². The van der Waals surface area contributed by atoms with Crippen LogP contribution in [0.4, 0.5) is 0 Å². The Bertz CT molecular complexity index is 1690. The van der Waals surface area contributed by atoms with Gasteiger partial charge in [-0.3, -0.25) is 9.59 Å². The van der Waals surface area contributed by atoms with Gasteiger partial charge in [0.25, 0.3) is 11.8 Å². The van der Waals surface area contributed by atoms with E-state index in [0.717, 1.165) is 52.7 Å². The summed E-state index contributed by atoms with van der Waals surface area (Å²) < 4.78 is 5.27. The lowest BCUT2D eigenvalue weighted by Gasteiger charge is -2.17. The Labute approximate surface area is 276 Å². The number of rotatable bonds is 12. The Kier molecular flexibility index (Phi) is 13.1. The molecule has 4 aromatic carbocycles. The van der Waals surface area contributed by atoms with E-state index < -0.39 is 0 Å². The minimum absolute atomic E-state index is 0.156. The Morgan fingerprint density at radius 3 is 2.20 bits per heavy atom. The van der Waals surface area contributed by atoms with Gasteiger partial charge in [0.05, 0.1) is 13.7 Å². The molecule has 0 aliphatic carbocycles. The molecule has 5 rings (SSSR count). The van der Waals surface area contributed by atoms with Crippen LogP contribution in [0.25, 0.3) is 11.1 Å². The molecule has 0 spiro atoms. The Morgan fingerprint density at radius 1 is 0.826 bits per heavy atom. The molecule has 0 aliphatic heterocycles. The number of carbonyl (C=O) groups is 2. The highest BCUT2D eigenvalue weighted by atomic mass is 32.1. The van der Waals surface area contributed by atoms with Crippen molar-refractivity contribution < 1.29 is 14.3 Å². The monoisotopic (exact) mass is 634 g/mol. The number of hydrogen-bond donors (Lipinski definition) is 2.